The third-order valence-electron chi connectivity index (χ3n) is 6.68. The first-order chi connectivity index (χ1) is 15.4. The fourth-order valence-corrected chi connectivity index (χ4v) is 4.89. The molecule has 2 aromatic rings. The summed E-state index contributed by atoms with van der Waals surface area (Å²) >= 11 is 0. The molecule has 7 heteroatoms. The number of carboxylic acids is 1. The molecule has 32 heavy (non-hydrogen) atoms. The lowest BCUT2D eigenvalue weighted by atomic mass is 9.95. The molecule has 1 fully saturated rings. The number of rotatable bonds is 9. The summed E-state index contributed by atoms with van der Waals surface area (Å²) in [5.74, 6) is -3.65. The van der Waals surface area contributed by atoms with Crippen LogP contribution in [0.5, 0.6) is 0 Å². The molecule has 0 saturated carbocycles. The Bertz CT molecular complexity index is 923. The summed E-state index contributed by atoms with van der Waals surface area (Å²) in [6, 6.07) is 12.1. The number of aromatic nitrogens is 1. The normalized spacial score (nSPS) is 19.9. The Morgan fingerprint density at radius 1 is 1.22 bits per heavy atom. The van der Waals surface area contributed by atoms with E-state index in [4.69, 9.17) is 0 Å². The summed E-state index contributed by atoms with van der Waals surface area (Å²) in [5, 5.41) is 13.0. The number of hydrogen-bond donors (Lipinski definition) is 2. The summed E-state index contributed by atoms with van der Waals surface area (Å²) in [6.07, 6.45) is 4.08. The van der Waals surface area contributed by atoms with Crippen molar-refractivity contribution in [3.8, 4) is 0 Å². The fraction of sp³-hybridized carbons (Fsp3) is 0.520. The first-order valence-electron chi connectivity index (χ1n) is 11.6. The van der Waals surface area contributed by atoms with E-state index in [1.54, 1.807) is 29.2 Å². The van der Waals surface area contributed by atoms with Crippen LogP contribution in [0.3, 0.4) is 0 Å². The van der Waals surface area contributed by atoms with Crippen molar-refractivity contribution in [2.45, 2.75) is 56.9 Å². The van der Waals surface area contributed by atoms with Gasteiger partial charge in [-0.25, -0.2) is 13.8 Å². The van der Waals surface area contributed by atoms with E-state index in [1.165, 1.54) is 5.56 Å². The first kappa shape index (κ1) is 22.6. The molecular formula is C25H31F2N3O2. The van der Waals surface area contributed by atoms with Gasteiger partial charge in [0.05, 0.1) is 0 Å². The second-order valence-corrected chi connectivity index (χ2v) is 8.94. The lowest BCUT2D eigenvalue weighted by Crippen LogP contribution is -2.35. The molecule has 5 nitrogen and oxygen atoms in total. The van der Waals surface area contributed by atoms with Gasteiger partial charge in [-0.2, -0.15) is 0 Å². The molecule has 2 aliphatic rings. The largest absolute Gasteiger partial charge is 0.480 e. The van der Waals surface area contributed by atoms with Crippen molar-refractivity contribution in [3.63, 3.8) is 0 Å². The van der Waals surface area contributed by atoms with Gasteiger partial charge in [-0.3, -0.25) is 9.69 Å². The van der Waals surface area contributed by atoms with Gasteiger partial charge in [0, 0.05) is 31.1 Å². The van der Waals surface area contributed by atoms with Gasteiger partial charge in [-0.1, -0.05) is 36.4 Å². The molecule has 1 aromatic heterocycles. The SMILES string of the molecule is O=C(O)[C@H](c1ccccc1)N1CC[C@@H](C(F)(F)CCCCc2ccc3c(n2)NCCC3)C1. The van der Waals surface area contributed by atoms with Crippen LogP contribution >= 0.6 is 0 Å². The average molecular weight is 444 g/mol. The number of unbranched alkanes of at least 4 members (excludes halogenated alkanes) is 1. The maximum atomic E-state index is 14.9. The second kappa shape index (κ2) is 9.94. The van der Waals surface area contributed by atoms with Crippen LogP contribution in [0.15, 0.2) is 42.5 Å². The van der Waals surface area contributed by atoms with E-state index in [0.29, 0.717) is 37.8 Å². The maximum absolute atomic E-state index is 14.9. The van der Waals surface area contributed by atoms with Gasteiger partial charge < -0.3 is 10.4 Å². The number of pyridine rings is 1. The lowest BCUT2D eigenvalue weighted by molar-refractivity contribution is -0.143. The number of fused-ring (bicyclic) bond motifs is 1. The topological polar surface area (TPSA) is 65.5 Å². The number of halogens is 2. The highest BCUT2D eigenvalue weighted by Gasteiger charge is 2.45. The number of nitrogens with zero attached hydrogens (tertiary/aromatic N) is 2. The summed E-state index contributed by atoms with van der Waals surface area (Å²) in [4.78, 5) is 18.2. The number of hydrogen-bond acceptors (Lipinski definition) is 4. The molecule has 0 amide bonds. The summed E-state index contributed by atoms with van der Waals surface area (Å²) in [6.45, 7) is 1.41. The van der Waals surface area contributed by atoms with Crippen molar-refractivity contribution in [2.75, 3.05) is 25.0 Å². The molecule has 1 saturated heterocycles. The van der Waals surface area contributed by atoms with Crippen molar-refractivity contribution >= 4 is 11.8 Å². The Balaban J connectivity index is 1.28. The Labute approximate surface area is 187 Å². The van der Waals surface area contributed by atoms with Crippen LogP contribution < -0.4 is 5.32 Å². The Hall–Kier alpha value is -2.54. The highest BCUT2D eigenvalue weighted by Crippen LogP contribution is 2.39. The predicted octanol–water partition coefficient (Wildman–Crippen LogP) is 4.94. The van der Waals surface area contributed by atoms with Gasteiger partial charge in [0.15, 0.2) is 0 Å². The molecule has 0 aliphatic carbocycles. The standard InChI is InChI=1S/C25H31F2N3O2/c26-25(27,14-5-4-10-21-12-11-19-9-6-15-28-23(19)29-21)20-13-16-30(17-20)22(24(31)32)18-7-2-1-3-8-18/h1-3,7-8,11-12,20,22H,4-6,9-10,13-17H2,(H,28,29)(H,31,32)/t20-,22+/m1/s1. The molecule has 1 aromatic carbocycles. The summed E-state index contributed by atoms with van der Waals surface area (Å²) in [5.41, 5.74) is 2.81. The monoisotopic (exact) mass is 443 g/mol. The van der Waals surface area contributed by atoms with E-state index < -0.39 is 23.9 Å². The number of carbonyl (C=O) groups is 1. The lowest BCUT2D eigenvalue weighted by Gasteiger charge is -2.27. The van der Waals surface area contributed by atoms with Crippen LogP contribution in [0, 0.1) is 5.92 Å². The van der Waals surface area contributed by atoms with Crippen LogP contribution in [-0.2, 0) is 17.6 Å². The molecule has 3 heterocycles. The third-order valence-corrected chi connectivity index (χ3v) is 6.68. The van der Waals surface area contributed by atoms with Crippen molar-refractivity contribution in [1.82, 2.24) is 9.88 Å². The predicted molar refractivity (Wildman–Crippen MR) is 120 cm³/mol. The van der Waals surface area contributed by atoms with Gasteiger partial charge in [-0.05, 0) is 62.3 Å². The number of aryl methyl sites for hydroxylation is 2. The number of nitrogens with one attached hydrogen (secondary N) is 1. The number of carboxylic acid groups (broad SMARTS) is 1. The number of anilines is 1. The van der Waals surface area contributed by atoms with Crippen molar-refractivity contribution in [3.05, 3.63) is 59.3 Å². The molecular weight excluding hydrogens is 412 g/mol. The minimum atomic E-state index is -2.79. The Kier molecular flexibility index (Phi) is 7.04. The molecule has 0 spiro atoms. The smallest absolute Gasteiger partial charge is 0.325 e. The third kappa shape index (κ3) is 5.26. The molecule has 172 valence electrons. The highest BCUT2D eigenvalue weighted by atomic mass is 19.3. The summed E-state index contributed by atoms with van der Waals surface area (Å²) in [7, 11) is 0. The zero-order valence-electron chi connectivity index (χ0n) is 18.3. The van der Waals surface area contributed by atoms with E-state index in [1.807, 2.05) is 12.1 Å². The Morgan fingerprint density at radius 2 is 2.03 bits per heavy atom. The van der Waals surface area contributed by atoms with E-state index >= 15 is 0 Å². The van der Waals surface area contributed by atoms with E-state index in [9.17, 15) is 18.7 Å². The maximum Gasteiger partial charge on any atom is 0.325 e. The van der Waals surface area contributed by atoms with Crippen molar-refractivity contribution in [2.24, 2.45) is 5.92 Å². The second-order valence-electron chi connectivity index (χ2n) is 8.94. The number of likely N-dealkylation sites (tertiary alicyclic amines) is 1. The number of alkyl halides is 2. The molecule has 0 radical (unpaired) electrons. The number of benzene rings is 1. The van der Waals surface area contributed by atoms with Crippen LogP contribution in [0.1, 0.15) is 55.0 Å². The minimum absolute atomic E-state index is 0.108. The first-order valence-corrected chi connectivity index (χ1v) is 11.6. The van der Waals surface area contributed by atoms with E-state index in [2.05, 4.69) is 16.4 Å². The van der Waals surface area contributed by atoms with Crippen LogP contribution in [0.25, 0.3) is 0 Å². The Morgan fingerprint density at radius 3 is 2.81 bits per heavy atom. The van der Waals surface area contributed by atoms with Gasteiger partial charge in [-0.15, -0.1) is 0 Å². The van der Waals surface area contributed by atoms with E-state index in [0.717, 1.165) is 30.9 Å². The van der Waals surface area contributed by atoms with Crippen molar-refractivity contribution < 1.29 is 18.7 Å². The van der Waals surface area contributed by atoms with Gasteiger partial charge in [0.1, 0.15) is 11.9 Å². The van der Waals surface area contributed by atoms with Gasteiger partial charge in [0.25, 0.3) is 5.92 Å². The molecule has 2 N–H and O–H groups in total. The van der Waals surface area contributed by atoms with Crippen LogP contribution in [0.4, 0.5) is 14.6 Å². The highest BCUT2D eigenvalue weighted by molar-refractivity contribution is 5.75. The number of aliphatic carboxylic acids is 1. The zero-order valence-corrected chi connectivity index (χ0v) is 18.3. The fourth-order valence-electron chi connectivity index (χ4n) is 4.89. The van der Waals surface area contributed by atoms with Gasteiger partial charge in [0.2, 0.25) is 0 Å². The molecule has 4 rings (SSSR count). The van der Waals surface area contributed by atoms with Crippen LogP contribution in [0.2, 0.25) is 0 Å². The molecule has 0 unspecified atom stereocenters. The zero-order chi connectivity index (χ0) is 22.6. The molecule has 2 atom stereocenters. The molecule has 2 aliphatic heterocycles. The summed E-state index contributed by atoms with van der Waals surface area (Å²) < 4.78 is 29.8. The molecule has 0 bridgehead atoms. The quantitative estimate of drug-likeness (QED) is 0.538. The van der Waals surface area contributed by atoms with E-state index in [-0.39, 0.29) is 13.0 Å². The van der Waals surface area contributed by atoms with Gasteiger partial charge >= 0.3 is 5.97 Å². The van der Waals surface area contributed by atoms with Crippen LogP contribution in [-0.4, -0.2) is 46.5 Å². The average Bonchev–Trinajstić information content (AvgIpc) is 3.28. The van der Waals surface area contributed by atoms with Crippen molar-refractivity contribution in [1.29, 1.82) is 0 Å². The minimum Gasteiger partial charge on any atom is -0.480 e.